The van der Waals surface area contributed by atoms with Crippen LogP contribution in [-0.2, 0) is 16.0 Å². The van der Waals surface area contributed by atoms with Crippen LogP contribution in [0.15, 0.2) is 35.5 Å². The van der Waals surface area contributed by atoms with Gasteiger partial charge in [0.1, 0.15) is 17.8 Å². The van der Waals surface area contributed by atoms with E-state index < -0.39 is 35.4 Å². The standard InChI is InChI=1S/C23H35N4O6S/c1-13(2)21(25)16(23(26)33-20-10-17(29)22(31)18(12-28)34-20)9-14-3-5-15(6-4-14)32-8-7-27-11-19(24)30/h3-6,13,17-18,20,22,26-27,29,31H,7-12,25H2,1-2H3,(H2,24,30)/q-1/b21-16-,26-23?/t17?,18?,20-,22+/m1/s1. The number of ether oxygens (including phenoxy) is 2. The van der Waals surface area contributed by atoms with Crippen molar-refractivity contribution in [3.8, 4) is 5.75 Å². The Balaban J connectivity index is 2.02. The molecular weight excluding hydrogens is 460 g/mol. The van der Waals surface area contributed by atoms with Crippen LogP contribution in [0.1, 0.15) is 25.8 Å². The fourth-order valence-corrected chi connectivity index (χ4v) is 4.62. The topological polar surface area (TPSA) is 187 Å². The van der Waals surface area contributed by atoms with E-state index in [0.29, 0.717) is 36.6 Å². The summed E-state index contributed by atoms with van der Waals surface area (Å²) in [5, 5.41) is 42.0. The van der Waals surface area contributed by atoms with E-state index in [1.165, 1.54) is 0 Å². The second-order valence-electron chi connectivity index (χ2n) is 8.41. The maximum Gasteiger partial charge on any atom is 0.231 e. The minimum absolute atomic E-state index is 0.0183. The first-order valence-electron chi connectivity index (χ1n) is 11.2. The molecule has 1 heterocycles. The third kappa shape index (κ3) is 8.48. The van der Waals surface area contributed by atoms with Crippen LogP contribution in [0, 0.1) is 11.3 Å². The molecule has 1 fully saturated rings. The number of aliphatic hydroxyl groups excluding tert-OH is 2. The smallest absolute Gasteiger partial charge is 0.231 e. The SMILES string of the molecule is CC(C)/C(N)=C(\Cc1ccc(OCCNCC(N)=O)cc1)C(=N)O[C@H]1CC(O)[C@H](O)C(C[O-])S1. The lowest BCUT2D eigenvalue weighted by molar-refractivity contribution is -0.370. The summed E-state index contributed by atoms with van der Waals surface area (Å²) in [6, 6.07) is 7.36. The van der Waals surface area contributed by atoms with Crippen molar-refractivity contribution in [2.24, 2.45) is 17.4 Å². The minimum Gasteiger partial charge on any atom is -0.854 e. The maximum atomic E-state index is 11.3. The van der Waals surface area contributed by atoms with E-state index in [0.717, 1.165) is 17.3 Å². The molecule has 4 atom stereocenters. The van der Waals surface area contributed by atoms with Gasteiger partial charge in [0.15, 0.2) is 0 Å². The molecule has 2 unspecified atom stereocenters. The van der Waals surface area contributed by atoms with Crippen molar-refractivity contribution in [3.63, 3.8) is 0 Å². The summed E-state index contributed by atoms with van der Waals surface area (Å²) >= 11 is 1.13. The van der Waals surface area contributed by atoms with Crippen LogP contribution < -0.4 is 26.6 Å². The predicted molar refractivity (Wildman–Crippen MR) is 129 cm³/mol. The van der Waals surface area contributed by atoms with Crippen molar-refractivity contribution in [1.29, 1.82) is 5.41 Å². The van der Waals surface area contributed by atoms with E-state index >= 15 is 0 Å². The Hall–Kier alpha value is -2.31. The average Bonchev–Trinajstić information content (AvgIpc) is 2.79. The highest BCUT2D eigenvalue weighted by molar-refractivity contribution is 8.00. The minimum atomic E-state index is -1.10. The van der Waals surface area contributed by atoms with Crippen LogP contribution in [-0.4, -0.2) is 71.2 Å². The van der Waals surface area contributed by atoms with Crippen LogP contribution in [0.2, 0.25) is 0 Å². The number of benzene rings is 1. The van der Waals surface area contributed by atoms with E-state index in [1.807, 2.05) is 38.1 Å². The number of aliphatic hydroxyl groups is 2. The number of allylic oxidation sites excluding steroid dienone is 1. The molecule has 0 radical (unpaired) electrons. The molecule has 1 aromatic rings. The molecule has 0 aliphatic carbocycles. The number of hydrogen-bond donors (Lipinski definition) is 6. The normalized spacial score (nSPS) is 23.4. The molecular formula is C23H35N4O6S-. The first kappa shape index (κ1) is 27.9. The quantitative estimate of drug-likeness (QED) is 0.126. The predicted octanol–water partition coefficient (Wildman–Crippen LogP) is -0.541. The highest BCUT2D eigenvalue weighted by Gasteiger charge is 2.36. The molecule has 1 aliphatic heterocycles. The molecule has 34 heavy (non-hydrogen) atoms. The zero-order valence-electron chi connectivity index (χ0n) is 19.5. The summed E-state index contributed by atoms with van der Waals surface area (Å²) in [7, 11) is 0. The maximum absolute atomic E-state index is 11.3. The van der Waals surface area contributed by atoms with Gasteiger partial charge in [0.2, 0.25) is 11.8 Å². The van der Waals surface area contributed by atoms with Crippen molar-refractivity contribution in [3.05, 3.63) is 41.1 Å². The Morgan fingerprint density at radius 2 is 1.97 bits per heavy atom. The third-order valence-corrected chi connectivity index (χ3v) is 6.70. The van der Waals surface area contributed by atoms with Crippen molar-refractivity contribution < 1.29 is 29.6 Å². The average molecular weight is 496 g/mol. The van der Waals surface area contributed by atoms with E-state index in [9.17, 15) is 20.1 Å². The molecule has 0 bridgehead atoms. The van der Waals surface area contributed by atoms with Gasteiger partial charge in [0.05, 0.1) is 18.8 Å². The van der Waals surface area contributed by atoms with Crippen LogP contribution >= 0.6 is 11.8 Å². The molecule has 8 N–H and O–H groups in total. The van der Waals surface area contributed by atoms with Gasteiger partial charge in [-0.3, -0.25) is 10.2 Å². The molecule has 2 rings (SSSR count). The fourth-order valence-electron chi connectivity index (χ4n) is 3.35. The zero-order chi connectivity index (χ0) is 25.3. The molecule has 0 saturated carbocycles. The van der Waals surface area contributed by atoms with E-state index in [2.05, 4.69) is 5.32 Å². The van der Waals surface area contributed by atoms with Crippen molar-refractivity contribution in [1.82, 2.24) is 5.32 Å². The molecule has 1 aliphatic rings. The number of nitrogens with one attached hydrogen (secondary N) is 2. The summed E-state index contributed by atoms with van der Waals surface area (Å²) in [5.74, 6) is 0.102. The number of amides is 1. The monoisotopic (exact) mass is 495 g/mol. The van der Waals surface area contributed by atoms with Crippen LogP contribution in [0.3, 0.4) is 0 Å². The van der Waals surface area contributed by atoms with Gasteiger partial charge in [-0.25, -0.2) is 0 Å². The van der Waals surface area contributed by atoms with Gasteiger partial charge in [-0.1, -0.05) is 26.0 Å². The lowest BCUT2D eigenvalue weighted by Crippen LogP contribution is -2.47. The van der Waals surface area contributed by atoms with Crippen LogP contribution in [0.4, 0.5) is 0 Å². The lowest BCUT2D eigenvalue weighted by atomic mass is 9.98. The molecule has 11 heteroatoms. The van der Waals surface area contributed by atoms with E-state index in [1.54, 1.807) is 0 Å². The number of nitrogens with two attached hydrogens (primary N) is 2. The van der Waals surface area contributed by atoms with Crippen molar-refractivity contribution in [2.75, 3.05) is 26.3 Å². The molecule has 0 aromatic heterocycles. The van der Waals surface area contributed by atoms with Crippen LogP contribution in [0.25, 0.3) is 0 Å². The summed E-state index contributed by atoms with van der Waals surface area (Å²) in [5.41, 5.74) is 12.7. The van der Waals surface area contributed by atoms with Gasteiger partial charge in [0.25, 0.3) is 0 Å². The molecule has 10 nitrogen and oxygen atoms in total. The third-order valence-electron chi connectivity index (χ3n) is 5.34. The second-order valence-corrected chi connectivity index (χ2v) is 9.82. The molecule has 1 amide bonds. The molecule has 1 aromatic carbocycles. The molecule has 1 saturated heterocycles. The number of thioether (sulfide) groups is 1. The van der Waals surface area contributed by atoms with Crippen molar-refractivity contribution >= 4 is 23.6 Å². The fraction of sp³-hybridized carbons (Fsp3) is 0.565. The number of rotatable bonds is 12. The first-order valence-corrected chi connectivity index (χ1v) is 12.1. The molecule has 0 spiro atoms. The lowest BCUT2D eigenvalue weighted by Gasteiger charge is -2.38. The first-order chi connectivity index (χ1) is 16.1. The van der Waals surface area contributed by atoms with E-state index in [-0.39, 0.29) is 24.8 Å². The number of carbonyl (C=O) groups is 1. The zero-order valence-corrected chi connectivity index (χ0v) is 20.3. The number of hydrogen-bond acceptors (Lipinski definition) is 10. The Morgan fingerprint density at radius 3 is 2.56 bits per heavy atom. The largest absolute Gasteiger partial charge is 0.854 e. The van der Waals surface area contributed by atoms with Gasteiger partial charge in [-0.2, -0.15) is 0 Å². The summed E-state index contributed by atoms with van der Waals surface area (Å²) in [6.45, 7) is 4.25. The Bertz CT molecular complexity index is 848. The number of primary amides is 1. The van der Waals surface area contributed by atoms with E-state index in [4.69, 9.17) is 26.4 Å². The number of carbonyl (C=O) groups excluding carboxylic acids is 1. The summed E-state index contributed by atoms with van der Waals surface area (Å²) in [4.78, 5) is 10.7. The Morgan fingerprint density at radius 1 is 1.29 bits per heavy atom. The van der Waals surface area contributed by atoms with Gasteiger partial charge in [-0.15, -0.1) is 18.4 Å². The highest BCUT2D eigenvalue weighted by Crippen LogP contribution is 2.33. The Labute approximate surface area is 204 Å². The van der Waals surface area contributed by atoms with Crippen molar-refractivity contribution in [2.45, 2.75) is 49.6 Å². The van der Waals surface area contributed by atoms with Gasteiger partial charge >= 0.3 is 0 Å². The van der Waals surface area contributed by atoms with Gasteiger partial charge < -0.3 is 41.6 Å². The highest BCUT2D eigenvalue weighted by atomic mass is 32.2. The Kier molecular flexibility index (Phi) is 11.1. The summed E-state index contributed by atoms with van der Waals surface area (Å²) in [6.07, 6.45) is -1.71. The molecule has 190 valence electrons. The van der Waals surface area contributed by atoms with Gasteiger partial charge in [0, 0.05) is 35.9 Å². The van der Waals surface area contributed by atoms with Gasteiger partial charge in [-0.05, 0) is 23.6 Å². The second kappa shape index (κ2) is 13.5. The summed E-state index contributed by atoms with van der Waals surface area (Å²) < 4.78 is 11.4. The van der Waals surface area contributed by atoms with Crippen LogP contribution in [0.5, 0.6) is 5.75 Å².